The van der Waals surface area contributed by atoms with Crippen molar-refractivity contribution < 1.29 is 4.74 Å². The van der Waals surface area contributed by atoms with Crippen LogP contribution in [0.1, 0.15) is 13.3 Å². The van der Waals surface area contributed by atoms with Crippen molar-refractivity contribution >= 4 is 33.4 Å². The highest BCUT2D eigenvalue weighted by Gasteiger charge is 2.03. The number of nitrogens with two attached hydrogens (primary N) is 1. The Hall–Kier alpha value is -1.20. The first kappa shape index (κ1) is 14.2. The molecule has 2 N–H and O–H groups in total. The molecule has 0 saturated heterocycles. The van der Waals surface area contributed by atoms with Crippen molar-refractivity contribution in [2.75, 3.05) is 12.3 Å². The molecular weight excluding hydrogens is 324 g/mol. The van der Waals surface area contributed by atoms with Crippen LogP contribution in [0.4, 0.5) is 5.69 Å². The molecule has 2 aromatic rings. The molecule has 0 unspecified atom stereocenters. The zero-order chi connectivity index (χ0) is 13.7. The second-order valence-corrected chi connectivity index (χ2v) is 6.01. The largest absolute Gasteiger partial charge is 0.493 e. The molecule has 5 heteroatoms. The maximum absolute atomic E-state index is 5.89. The highest BCUT2D eigenvalue weighted by Crippen LogP contribution is 2.31. The molecule has 0 saturated carbocycles. The molecule has 0 bridgehead atoms. The van der Waals surface area contributed by atoms with Crippen LogP contribution < -0.4 is 10.5 Å². The molecule has 0 aliphatic heterocycles. The van der Waals surface area contributed by atoms with Gasteiger partial charge in [0.1, 0.15) is 10.8 Å². The van der Waals surface area contributed by atoms with Crippen LogP contribution in [0.2, 0.25) is 0 Å². The predicted octanol–water partition coefficient (Wildman–Crippen LogP) is 4.37. The molecule has 0 aliphatic rings. The first-order chi connectivity index (χ1) is 9.17. The first-order valence-corrected chi connectivity index (χ1v) is 7.61. The van der Waals surface area contributed by atoms with Crippen molar-refractivity contribution in [1.82, 2.24) is 4.98 Å². The highest BCUT2D eigenvalue weighted by molar-refractivity contribution is 9.10. The van der Waals surface area contributed by atoms with Crippen LogP contribution >= 0.6 is 27.7 Å². The smallest absolute Gasteiger partial charge is 0.122 e. The van der Waals surface area contributed by atoms with Crippen molar-refractivity contribution in [2.24, 2.45) is 0 Å². The Labute approximate surface area is 125 Å². The summed E-state index contributed by atoms with van der Waals surface area (Å²) in [6.07, 6.45) is 2.76. The minimum absolute atomic E-state index is 0.699. The lowest BCUT2D eigenvalue weighted by atomic mass is 10.3. The lowest BCUT2D eigenvalue weighted by Gasteiger charge is -2.08. The van der Waals surface area contributed by atoms with E-state index in [9.17, 15) is 0 Å². The number of ether oxygens (including phenoxy) is 1. The van der Waals surface area contributed by atoms with Gasteiger partial charge in [0.15, 0.2) is 0 Å². The van der Waals surface area contributed by atoms with Gasteiger partial charge in [0, 0.05) is 27.3 Å². The van der Waals surface area contributed by atoms with Crippen LogP contribution in [0.15, 0.2) is 50.9 Å². The predicted molar refractivity (Wildman–Crippen MR) is 82.7 cm³/mol. The standard InChI is InChI=1S/C14H15BrN2OS/c1-2-5-18-12-6-11(16)7-13(8-12)19-14-4-3-10(15)9-17-14/h3-4,6-9H,2,5,16H2,1H3. The number of rotatable bonds is 5. The van der Waals surface area contributed by atoms with E-state index in [4.69, 9.17) is 10.5 Å². The van der Waals surface area contributed by atoms with Gasteiger partial charge < -0.3 is 10.5 Å². The Kier molecular flexibility index (Phi) is 5.10. The Balaban J connectivity index is 2.15. The van der Waals surface area contributed by atoms with Crippen LogP contribution in [-0.4, -0.2) is 11.6 Å². The molecule has 3 nitrogen and oxygen atoms in total. The van der Waals surface area contributed by atoms with Gasteiger partial charge in [-0.25, -0.2) is 4.98 Å². The van der Waals surface area contributed by atoms with Gasteiger partial charge >= 0.3 is 0 Å². The summed E-state index contributed by atoms with van der Waals surface area (Å²) in [6, 6.07) is 9.68. The third kappa shape index (κ3) is 4.44. The van der Waals surface area contributed by atoms with Gasteiger partial charge in [0.25, 0.3) is 0 Å². The Morgan fingerprint density at radius 3 is 2.84 bits per heavy atom. The number of halogens is 1. The summed E-state index contributed by atoms with van der Waals surface area (Å²) >= 11 is 4.94. The fourth-order valence-electron chi connectivity index (χ4n) is 1.50. The molecule has 0 aliphatic carbocycles. The number of nitrogen functional groups attached to an aromatic ring is 1. The van der Waals surface area contributed by atoms with Crippen molar-refractivity contribution in [1.29, 1.82) is 0 Å². The molecule has 1 heterocycles. The molecule has 0 atom stereocenters. The monoisotopic (exact) mass is 338 g/mol. The van der Waals surface area contributed by atoms with Crippen LogP contribution in [-0.2, 0) is 0 Å². The van der Waals surface area contributed by atoms with E-state index >= 15 is 0 Å². The average molecular weight is 339 g/mol. The SMILES string of the molecule is CCCOc1cc(N)cc(Sc2ccc(Br)cn2)c1. The first-order valence-electron chi connectivity index (χ1n) is 6.00. The summed E-state index contributed by atoms with van der Waals surface area (Å²) < 4.78 is 6.58. The van der Waals surface area contributed by atoms with Crippen molar-refractivity contribution in [3.63, 3.8) is 0 Å². The van der Waals surface area contributed by atoms with E-state index in [1.54, 1.807) is 18.0 Å². The lowest BCUT2D eigenvalue weighted by Crippen LogP contribution is -1.96. The molecule has 2 rings (SSSR count). The quantitative estimate of drug-likeness (QED) is 0.822. The van der Waals surface area contributed by atoms with Crippen LogP contribution in [0.3, 0.4) is 0 Å². The number of benzene rings is 1. The zero-order valence-corrected chi connectivity index (χ0v) is 13.0. The second-order valence-electron chi connectivity index (χ2n) is 4.00. The van der Waals surface area contributed by atoms with E-state index < -0.39 is 0 Å². The Bertz CT molecular complexity index is 546. The average Bonchev–Trinajstić information content (AvgIpc) is 2.38. The van der Waals surface area contributed by atoms with Gasteiger partial charge in [-0.05, 0) is 46.6 Å². The molecule has 100 valence electrons. The summed E-state index contributed by atoms with van der Waals surface area (Å²) in [4.78, 5) is 5.36. The minimum Gasteiger partial charge on any atom is -0.493 e. The summed E-state index contributed by atoms with van der Waals surface area (Å²) in [5, 5.41) is 0.926. The summed E-state index contributed by atoms with van der Waals surface area (Å²) in [6.45, 7) is 2.78. The van der Waals surface area contributed by atoms with Crippen molar-refractivity contribution in [3.8, 4) is 5.75 Å². The number of pyridine rings is 1. The van der Waals surface area contributed by atoms with Gasteiger partial charge in [0.2, 0.25) is 0 Å². The molecule has 0 fully saturated rings. The third-order valence-corrected chi connectivity index (χ3v) is 3.69. The number of hydrogen-bond acceptors (Lipinski definition) is 4. The molecule has 1 aromatic heterocycles. The van der Waals surface area contributed by atoms with Crippen molar-refractivity contribution in [2.45, 2.75) is 23.3 Å². The maximum Gasteiger partial charge on any atom is 0.122 e. The normalized spacial score (nSPS) is 10.4. The maximum atomic E-state index is 5.89. The molecular formula is C14H15BrN2OS. The van der Waals surface area contributed by atoms with Gasteiger partial charge in [-0.3, -0.25) is 0 Å². The van der Waals surface area contributed by atoms with E-state index in [0.29, 0.717) is 12.3 Å². The molecule has 1 aromatic carbocycles. The van der Waals surface area contributed by atoms with Crippen LogP contribution in [0.25, 0.3) is 0 Å². The lowest BCUT2D eigenvalue weighted by molar-refractivity contribution is 0.317. The third-order valence-electron chi connectivity index (χ3n) is 2.30. The molecule has 19 heavy (non-hydrogen) atoms. The topological polar surface area (TPSA) is 48.1 Å². The van der Waals surface area contributed by atoms with Gasteiger partial charge in [0.05, 0.1) is 6.61 Å². The number of nitrogens with zero attached hydrogens (tertiary/aromatic N) is 1. The molecule has 0 spiro atoms. The van der Waals surface area contributed by atoms with E-state index in [-0.39, 0.29) is 0 Å². The molecule has 0 amide bonds. The van der Waals surface area contributed by atoms with Gasteiger partial charge in [-0.15, -0.1) is 0 Å². The van der Waals surface area contributed by atoms with E-state index in [1.807, 2.05) is 30.3 Å². The fourth-order valence-corrected chi connectivity index (χ4v) is 2.59. The highest BCUT2D eigenvalue weighted by atomic mass is 79.9. The second kappa shape index (κ2) is 6.82. The van der Waals surface area contributed by atoms with E-state index in [1.165, 1.54) is 0 Å². The van der Waals surface area contributed by atoms with Crippen LogP contribution in [0, 0.1) is 0 Å². The number of aromatic nitrogens is 1. The minimum atomic E-state index is 0.699. The van der Waals surface area contributed by atoms with Crippen molar-refractivity contribution in [3.05, 3.63) is 41.0 Å². The van der Waals surface area contributed by atoms with Gasteiger partial charge in [-0.1, -0.05) is 18.7 Å². The van der Waals surface area contributed by atoms with E-state index in [2.05, 4.69) is 27.8 Å². The van der Waals surface area contributed by atoms with Crippen LogP contribution in [0.5, 0.6) is 5.75 Å². The van der Waals surface area contributed by atoms with E-state index in [0.717, 1.165) is 26.6 Å². The summed E-state index contributed by atoms with van der Waals surface area (Å²) in [7, 11) is 0. The fraction of sp³-hybridized carbons (Fsp3) is 0.214. The number of hydrogen-bond donors (Lipinski definition) is 1. The Morgan fingerprint density at radius 1 is 1.32 bits per heavy atom. The van der Waals surface area contributed by atoms with Gasteiger partial charge in [-0.2, -0.15) is 0 Å². The number of anilines is 1. The Morgan fingerprint density at radius 2 is 2.16 bits per heavy atom. The molecule has 0 radical (unpaired) electrons. The summed E-state index contributed by atoms with van der Waals surface area (Å²) in [5.74, 6) is 0.807. The zero-order valence-electron chi connectivity index (χ0n) is 10.6. The summed E-state index contributed by atoms with van der Waals surface area (Å²) in [5.41, 5.74) is 6.59.